The summed E-state index contributed by atoms with van der Waals surface area (Å²) in [6, 6.07) is 4.18. The Morgan fingerprint density at radius 2 is 2.27 bits per heavy atom. The number of ketones is 1. The predicted molar refractivity (Wildman–Crippen MR) is 58.5 cm³/mol. The Kier molecular flexibility index (Phi) is 2.82. The van der Waals surface area contributed by atoms with Gasteiger partial charge in [-0.1, -0.05) is 13.0 Å². The molecule has 1 aromatic rings. The van der Waals surface area contributed by atoms with E-state index in [0.29, 0.717) is 12.2 Å². The molecule has 0 bridgehead atoms. The highest BCUT2D eigenvalue weighted by molar-refractivity contribution is 5.82. The van der Waals surface area contributed by atoms with Gasteiger partial charge >= 0.3 is 0 Å². The van der Waals surface area contributed by atoms with Crippen molar-refractivity contribution in [3.05, 3.63) is 29.6 Å². The van der Waals surface area contributed by atoms with Crippen LogP contribution in [0.15, 0.2) is 18.3 Å². The van der Waals surface area contributed by atoms with E-state index in [9.17, 15) is 4.79 Å². The van der Waals surface area contributed by atoms with Crippen molar-refractivity contribution in [1.82, 2.24) is 10.3 Å². The minimum atomic E-state index is 0.152. The fourth-order valence-electron chi connectivity index (χ4n) is 1.83. The van der Waals surface area contributed by atoms with Crippen molar-refractivity contribution in [3.8, 4) is 0 Å². The Morgan fingerprint density at radius 1 is 1.47 bits per heavy atom. The van der Waals surface area contributed by atoms with Crippen LogP contribution in [0.4, 0.5) is 0 Å². The van der Waals surface area contributed by atoms with Crippen molar-refractivity contribution < 1.29 is 4.79 Å². The maximum Gasteiger partial charge on any atom is 0.138 e. The smallest absolute Gasteiger partial charge is 0.138 e. The van der Waals surface area contributed by atoms with Crippen molar-refractivity contribution in [1.29, 1.82) is 0 Å². The minimum absolute atomic E-state index is 0.152. The fourth-order valence-corrected chi connectivity index (χ4v) is 1.83. The van der Waals surface area contributed by atoms with Gasteiger partial charge in [0.1, 0.15) is 5.78 Å². The zero-order valence-corrected chi connectivity index (χ0v) is 9.16. The molecular formula is C12H16N2O. The molecule has 2 rings (SSSR count). The summed E-state index contributed by atoms with van der Waals surface area (Å²) in [5, 5.41) is 3.37. The van der Waals surface area contributed by atoms with Gasteiger partial charge in [-0.25, -0.2) is 0 Å². The Morgan fingerprint density at radius 3 is 2.87 bits per heavy atom. The summed E-state index contributed by atoms with van der Waals surface area (Å²) in [6.45, 7) is 4.71. The molecule has 0 saturated carbocycles. The lowest BCUT2D eigenvalue weighted by molar-refractivity contribution is -0.124. The van der Waals surface area contributed by atoms with E-state index in [1.807, 2.05) is 32.2 Å². The summed E-state index contributed by atoms with van der Waals surface area (Å²) in [6.07, 6.45) is 2.45. The monoisotopic (exact) mass is 204 g/mol. The minimum Gasteiger partial charge on any atom is -0.309 e. The quantitative estimate of drug-likeness (QED) is 0.756. The third kappa shape index (κ3) is 2.23. The molecule has 1 aliphatic heterocycles. The molecule has 3 nitrogen and oxygen atoms in total. The first kappa shape index (κ1) is 10.3. The number of aryl methyl sites for hydroxylation is 1. The average Bonchev–Trinajstić information content (AvgIpc) is 2.23. The zero-order chi connectivity index (χ0) is 10.8. The van der Waals surface area contributed by atoms with E-state index < -0.39 is 0 Å². The molecule has 2 heterocycles. The van der Waals surface area contributed by atoms with Crippen LogP contribution in [0, 0.1) is 12.8 Å². The van der Waals surface area contributed by atoms with Crippen LogP contribution in [0.1, 0.15) is 30.6 Å². The first-order valence-electron chi connectivity index (χ1n) is 5.35. The van der Waals surface area contributed by atoms with Crippen molar-refractivity contribution >= 4 is 5.78 Å². The van der Waals surface area contributed by atoms with Gasteiger partial charge < -0.3 is 5.32 Å². The van der Waals surface area contributed by atoms with Crippen LogP contribution >= 0.6 is 0 Å². The van der Waals surface area contributed by atoms with Crippen LogP contribution in [-0.4, -0.2) is 17.3 Å². The van der Waals surface area contributed by atoms with Gasteiger partial charge in [0.15, 0.2) is 0 Å². The van der Waals surface area contributed by atoms with Gasteiger partial charge in [-0.3, -0.25) is 9.78 Å². The van der Waals surface area contributed by atoms with E-state index in [4.69, 9.17) is 0 Å². The van der Waals surface area contributed by atoms with E-state index in [1.54, 1.807) is 0 Å². The third-order valence-corrected chi connectivity index (χ3v) is 2.96. The highest BCUT2D eigenvalue weighted by Crippen LogP contribution is 2.22. The lowest BCUT2D eigenvalue weighted by Gasteiger charge is -2.26. The largest absolute Gasteiger partial charge is 0.309 e. The zero-order valence-electron chi connectivity index (χ0n) is 9.16. The lowest BCUT2D eigenvalue weighted by atomic mass is 9.91. The molecule has 1 N–H and O–H groups in total. The molecule has 0 radical (unpaired) electrons. The summed E-state index contributed by atoms with van der Waals surface area (Å²) in [4.78, 5) is 15.8. The van der Waals surface area contributed by atoms with Crippen molar-refractivity contribution in [2.75, 3.05) is 6.54 Å². The number of carbonyl (C=O) groups excluding carboxylic acids is 1. The van der Waals surface area contributed by atoms with Gasteiger partial charge in [-0.05, 0) is 18.6 Å². The highest BCUT2D eigenvalue weighted by Gasteiger charge is 2.25. The van der Waals surface area contributed by atoms with Gasteiger partial charge in [0.2, 0.25) is 0 Å². The summed E-state index contributed by atoms with van der Waals surface area (Å²) in [5.74, 6) is 0.499. The molecule has 2 unspecified atom stereocenters. The number of pyridine rings is 1. The van der Waals surface area contributed by atoms with Crippen molar-refractivity contribution in [2.45, 2.75) is 26.3 Å². The third-order valence-electron chi connectivity index (χ3n) is 2.96. The number of nitrogens with zero attached hydrogens (tertiary/aromatic N) is 1. The first-order valence-corrected chi connectivity index (χ1v) is 5.35. The molecule has 0 spiro atoms. The van der Waals surface area contributed by atoms with Gasteiger partial charge in [-0.2, -0.15) is 0 Å². The van der Waals surface area contributed by atoms with Crippen LogP contribution in [0.2, 0.25) is 0 Å². The highest BCUT2D eigenvalue weighted by atomic mass is 16.1. The summed E-state index contributed by atoms with van der Waals surface area (Å²) in [7, 11) is 0. The predicted octanol–water partition coefficient (Wildman–Crippen LogP) is 1.63. The molecule has 0 aromatic carbocycles. The standard InChI is InChI=1S/C12H16N2O/c1-8-6-14-11(5-12(8)15)10-4-3-9(2)13-7-10/h3-4,7-8,11,14H,5-6H2,1-2H3. The van der Waals surface area contributed by atoms with E-state index in [1.165, 1.54) is 0 Å². The summed E-state index contributed by atoms with van der Waals surface area (Å²) < 4.78 is 0. The molecule has 1 saturated heterocycles. The maximum absolute atomic E-state index is 11.6. The second kappa shape index (κ2) is 4.11. The number of nitrogens with one attached hydrogen (secondary N) is 1. The van der Waals surface area contributed by atoms with Crippen molar-refractivity contribution in [3.63, 3.8) is 0 Å². The summed E-state index contributed by atoms with van der Waals surface area (Å²) in [5.41, 5.74) is 2.12. The van der Waals surface area contributed by atoms with Gasteiger partial charge in [0.25, 0.3) is 0 Å². The van der Waals surface area contributed by atoms with E-state index in [0.717, 1.165) is 17.8 Å². The molecule has 1 aliphatic rings. The van der Waals surface area contributed by atoms with E-state index >= 15 is 0 Å². The fraction of sp³-hybridized carbons (Fsp3) is 0.500. The van der Waals surface area contributed by atoms with Gasteiger partial charge in [-0.15, -0.1) is 0 Å². The number of hydrogen-bond acceptors (Lipinski definition) is 3. The molecule has 80 valence electrons. The topological polar surface area (TPSA) is 42.0 Å². The van der Waals surface area contributed by atoms with Gasteiger partial charge in [0, 0.05) is 36.8 Å². The Bertz CT molecular complexity index is 358. The first-order chi connectivity index (χ1) is 7.16. The van der Waals surface area contributed by atoms with E-state index in [-0.39, 0.29) is 12.0 Å². The van der Waals surface area contributed by atoms with Crippen LogP contribution in [0.3, 0.4) is 0 Å². The number of hydrogen-bond donors (Lipinski definition) is 1. The Hall–Kier alpha value is -1.22. The second-order valence-electron chi connectivity index (χ2n) is 4.27. The molecule has 0 aliphatic carbocycles. The van der Waals surface area contributed by atoms with Crippen LogP contribution < -0.4 is 5.32 Å². The number of Topliss-reactive ketones (excluding diaryl/α,β-unsaturated/α-hetero) is 1. The molecule has 1 aromatic heterocycles. The molecule has 15 heavy (non-hydrogen) atoms. The Labute approximate surface area is 89.9 Å². The molecule has 2 atom stereocenters. The van der Waals surface area contributed by atoms with Crippen molar-refractivity contribution in [2.24, 2.45) is 5.92 Å². The number of rotatable bonds is 1. The molecular weight excluding hydrogens is 188 g/mol. The van der Waals surface area contributed by atoms with Crippen LogP contribution in [-0.2, 0) is 4.79 Å². The molecule has 3 heteroatoms. The molecule has 1 fully saturated rings. The summed E-state index contributed by atoms with van der Waals surface area (Å²) >= 11 is 0. The number of carbonyl (C=O) groups is 1. The number of aromatic nitrogens is 1. The average molecular weight is 204 g/mol. The normalized spacial score (nSPS) is 26.7. The van der Waals surface area contributed by atoms with E-state index in [2.05, 4.69) is 10.3 Å². The SMILES string of the molecule is Cc1ccc(C2CC(=O)C(C)CN2)cn1. The molecule has 0 amide bonds. The lowest BCUT2D eigenvalue weighted by Crippen LogP contribution is -2.38. The number of piperidine rings is 1. The Balaban J connectivity index is 2.12. The maximum atomic E-state index is 11.6. The van der Waals surface area contributed by atoms with Crippen LogP contribution in [0.25, 0.3) is 0 Å². The van der Waals surface area contributed by atoms with Crippen LogP contribution in [0.5, 0.6) is 0 Å². The van der Waals surface area contributed by atoms with Gasteiger partial charge in [0.05, 0.1) is 0 Å². The second-order valence-corrected chi connectivity index (χ2v) is 4.27.